The molecule has 4 rings (SSSR count). The minimum Gasteiger partial charge on any atom is -0.325 e. The summed E-state index contributed by atoms with van der Waals surface area (Å²) in [6.45, 7) is 4.02. The molecule has 1 aromatic carbocycles. The molecular formula is C20H18N6OS. The maximum absolute atomic E-state index is 12.4. The molecule has 0 aliphatic carbocycles. The van der Waals surface area contributed by atoms with E-state index in [9.17, 15) is 4.79 Å². The Hall–Kier alpha value is -3.26. The molecule has 3 heterocycles. The summed E-state index contributed by atoms with van der Waals surface area (Å²) in [7, 11) is 0. The van der Waals surface area contributed by atoms with Gasteiger partial charge in [0.1, 0.15) is 10.7 Å². The topological polar surface area (TPSA) is 85.1 Å². The fourth-order valence-electron chi connectivity index (χ4n) is 2.72. The summed E-state index contributed by atoms with van der Waals surface area (Å²) in [6.07, 6.45) is 1.70. The van der Waals surface area contributed by atoms with Crippen molar-refractivity contribution in [2.45, 2.75) is 18.9 Å². The van der Waals surface area contributed by atoms with E-state index < -0.39 is 0 Å². The summed E-state index contributed by atoms with van der Waals surface area (Å²) in [5, 5.41) is 16.5. The molecule has 4 aromatic rings. The number of rotatable bonds is 5. The highest BCUT2D eigenvalue weighted by Crippen LogP contribution is 2.21. The summed E-state index contributed by atoms with van der Waals surface area (Å²) in [6, 6.07) is 15.1. The van der Waals surface area contributed by atoms with Crippen molar-refractivity contribution in [3.05, 3.63) is 65.9 Å². The fraction of sp³-hybridized carbons (Fsp3) is 0.150. The average molecular weight is 390 g/mol. The lowest BCUT2D eigenvalue weighted by Gasteiger charge is -2.10. The first kappa shape index (κ1) is 18.1. The summed E-state index contributed by atoms with van der Waals surface area (Å²) >= 11 is 1.36. The van der Waals surface area contributed by atoms with Crippen molar-refractivity contribution >= 4 is 29.0 Å². The van der Waals surface area contributed by atoms with Gasteiger partial charge in [0.05, 0.1) is 5.75 Å². The SMILES string of the molecule is Cc1cccc(NC(=O)CSc2ccc3nnc(-c4ccccn4)n3n2)c1C. The van der Waals surface area contributed by atoms with Crippen LogP contribution in [0.1, 0.15) is 11.1 Å². The quantitative estimate of drug-likeness (QED) is 0.525. The molecule has 0 fully saturated rings. The summed E-state index contributed by atoms with van der Waals surface area (Å²) < 4.78 is 1.65. The van der Waals surface area contributed by atoms with E-state index >= 15 is 0 Å². The summed E-state index contributed by atoms with van der Waals surface area (Å²) in [5.74, 6) is 0.750. The van der Waals surface area contributed by atoms with Crippen LogP contribution in [0.2, 0.25) is 0 Å². The predicted molar refractivity (Wildman–Crippen MR) is 109 cm³/mol. The van der Waals surface area contributed by atoms with Gasteiger partial charge in [-0.3, -0.25) is 9.78 Å². The number of aromatic nitrogens is 5. The maximum Gasteiger partial charge on any atom is 0.234 e. The van der Waals surface area contributed by atoms with Crippen LogP contribution in [0.15, 0.2) is 59.8 Å². The lowest BCUT2D eigenvalue weighted by molar-refractivity contribution is -0.113. The zero-order valence-corrected chi connectivity index (χ0v) is 16.3. The Balaban J connectivity index is 1.49. The Labute approximate surface area is 166 Å². The monoisotopic (exact) mass is 390 g/mol. The molecule has 140 valence electrons. The summed E-state index contributed by atoms with van der Waals surface area (Å²) in [4.78, 5) is 16.7. The van der Waals surface area contributed by atoms with Crippen LogP contribution in [0.3, 0.4) is 0 Å². The zero-order chi connectivity index (χ0) is 19.5. The molecule has 28 heavy (non-hydrogen) atoms. The van der Waals surface area contributed by atoms with Crippen LogP contribution < -0.4 is 5.32 Å². The second kappa shape index (κ2) is 7.77. The standard InChI is InChI=1S/C20H18N6OS/c1-13-6-5-8-15(14(13)2)22-18(27)12-28-19-10-9-17-23-24-20(26(17)25-19)16-7-3-4-11-21-16/h3-11H,12H2,1-2H3,(H,22,27). The summed E-state index contributed by atoms with van der Waals surface area (Å²) in [5.41, 5.74) is 4.38. The molecule has 0 radical (unpaired) electrons. The first-order valence-electron chi connectivity index (χ1n) is 8.74. The number of nitrogens with one attached hydrogen (secondary N) is 1. The zero-order valence-electron chi connectivity index (χ0n) is 15.5. The molecule has 0 spiro atoms. The van der Waals surface area contributed by atoms with E-state index in [0.29, 0.717) is 22.2 Å². The van der Waals surface area contributed by atoms with Crippen molar-refractivity contribution in [3.8, 4) is 11.5 Å². The Bertz CT molecular complexity index is 1140. The lowest BCUT2D eigenvalue weighted by atomic mass is 10.1. The van der Waals surface area contributed by atoms with E-state index in [0.717, 1.165) is 16.8 Å². The van der Waals surface area contributed by atoms with E-state index in [2.05, 4.69) is 25.6 Å². The van der Waals surface area contributed by atoms with Gasteiger partial charge in [0.2, 0.25) is 11.7 Å². The largest absolute Gasteiger partial charge is 0.325 e. The second-order valence-electron chi connectivity index (χ2n) is 6.26. The van der Waals surface area contributed by atoms with Crippen molar-refractivity contribution in [1.82, 2.24) is 24.8 Å². The minimum atomic E-state index is -0.0747. The van der Waals surface area contributed by atoms with Gasteiger partial charge in [0.15, 0.2) is 5.65 Å². The molecule has 1 amide bonds. The van der Waals surface area contributed by atoms with Crippen LogP contribution in [-0.2, 0) is 4.79 Å². The molecule has 0 bridgehead atoms. The Kier molecular flexibility index (Phi) is 5.03. The Morgan fingerprint density at radius 3 is 2.79 bits per heavy atom. The van der Waals surface area contributed by atoms with Crippen molar-refractivity contribution in [2.24, 2.45) is 0 Å². The van der Waals surface area contributed by atoms with Gasteiger partial charge in [-0.05, 0) is 55.3 Å². The van der Waals surface area contributed by atoms with Crippen molar-refractivity contribution < 1.29 is 4.79 Å². The Morgan fingerprint density at radius 1 is 1.07 bits per heavy atom. The number of hydrogen-bond donors (Lipinski definition) is 1. The molecule has 0 aliphatic heterocycles. The number of nitrogens with zero attached hydrogens (tertiary/aromatic N) is 5. The number of pyridine rings is 1. The van der Waals surface area contributed by atoms with E-state index in [-0.39, 0.29) is 11.7 Å². The first-order valence-corrected chi connectivity index (χ1v) is 9.73. The van der Waals surface area contributed by atoms with E-state index in [4.69, 9.17) is 0 Å². The molecule has 0 unspecified atom stereocenters. The predicted octanol–water partition coefficient (Wildman–Crippen LogP) is 3.53. The smallest absolute Gasteiger partial charge is 0.234 e. The number of hydrogen-bond acceptors (Lipinski definition) is 6. The van der Waals surface area contributed by atoms with Gasteiger partial charge in [0, 0.05) is 11.9 Å². The van der Waals surface area contributed by atoms with Crippen LogP contribution in [0.4, 0.5) is 5.69 Å². The van der Waals surface area contributed by atoms with Gasteiger partial charge < -0.3 is 5.32 Å². The number of carbonyl (C=O) groups excluding carboxylic acids is 1. The molecule has 3 aromatic heterocycles. The fourth-order valence-corrected chi connectivity index (χ4v) is 3.37. The van der Waals surface area contributed by atoms with Gasteiger partial charge in [0.25, 0.3) is 0 Å². The van der Waals surface area contributed by atoms with E-state index in [1.807, 2.05) is 62.4 Å². The molecule has 7 nitrogen and oxygen atoms in total. The van der Waals surface area contributed by atoms with Crippen LogP contribution in [0.5, 0.6) is 0 Å². The highest BCUT2D eigenvalue weighted by atomic mass is 32.2. The molecular weight excluding hydrogens is 372 g/mol. The van der Waals surface area contributed by atoms with Crippen LogP contribution >= 0.6 is 11.8 Å². The molecule has 8 heteroatoms. The molecule has 0 saturated heterocycles. The van der Waals surface area contributed by atoms with Gasteiger partial charge in [-0.25, -0.2) is 0 Å². The highest BCUT2D eigenvalue weighted by molar-refractivity contribution is 7.99. The van der Waals surface area contributed by atoms with Crippen LogP contribution in [0.25, 0.3) is 17.2 Å². The van der Waals surface area contributed by atoms with Crippen LogP contribution in [-0.4, -0.2) is 36.5 Å². The number of aryl methyl sites for hydroxylation is 1. The molecule has 0 saturated carbocycles. The second-order valence-corrected chi connectivity index (χ2v) is 7.26. The lowest BCUT2D eigenvalue weighted by Crippen LogP contribution is -2.15. The van der Waals surface area contributed by atoms with Gasteiger partial charge in [-0.1, -0.05) is 30.0 Å². The van der Waals surface area contributed by atoms with E-state index in [1.165, 1.54) is 11.8 Å². The van der Waals surface area contributed by atoms with Crippen molar-refractivity contribution in [1.29, 1.82) is 0 Å². The van der Waals surface area contributed by atoms with Crippen molar-refractivity contribution in [3.63, 3.8) is 0 Å². The van der Waals surface area contributed by atoms with Crippen molar-refractivity contribution in [2.75, 3.05) is 11.1 Å². The molecule has 1 N–H and O–H groups in total. The molecule has 0 aliphatic rings. The van der Waals surface area contributed by atoms with Gasteiger partial charge >= 0.3 is 0 Å². The third kappa shape index (κ3) is 3.72. The number of carbonyl (C=O) groups is 1. The Morgan fingerprint density at radius 2 is 1.96 bits per heavy atom. The van der Waals surface area contributed by atoms with E-state index in [1.54, 1.807) is 10.7 Å². The molecule has 0 atom stereocenters. The number of benzene rings is 1. The first-order chi connectivity index (χ1) is 13.6. The van der Waals surface area contributed by atoms with Gasteiger partial charge in [-0.15, -0.1) is 10.2 Å². The average Bonchev–Trinajstić information content (AvgIpc) is 3.14. The normalized spacial score (nSPS) is 10.9. The minimum absolute atomic E-state index is 0.0747. The maximum atomic E-state index is 12.4. The number of thioether (sulfide) groups is 1. The third-order valence-electron chi connectivity index (χ3n) is 4.36. The number of anilines is 1. The number of fused-ring (bicyclic) bond motifs is 1. The van der Waals surface area contributed by atoms with Gasteiger partial charge in [-0.2, -0.15) is 9.61 Å². The number of amides is 1. The third-order valence-corrected chi connectivity index (χ3v) is 5.28. The van der Waals surface area contributed by atoms with Crippen LogP contribution in [0, 0.1) is 13.8 Å². The highest BCUT2D eigenvalue weighted by Gasteiger charge is 2.12.